The van der Waals surface area contributed by atoms with Gasteiger partial charge in [-0.3, -0.25) is 4.79 Å². The molecule has 1 aromatic carbocycles. The number of allylic oxidation sites excluding steroid dienone is 1. The summed E-state index contributed by atoms with van der Waals surface area (Å²) in [5.41, 5.74) is 0.856. The minimum Gasteiger partial charge on any atom is -0.507 e. The van der Waals surface area contributed by atoms with Crippen LogP contribution in [0.2, 0.25) is 0 Å². The van der Waals surface area contributed by atoms with Crippen molar-refractivity contribution in [2.75, 3.05) is 0 Å². The van der Waals surface area contributed by atoms with Crippen molar-refractivity contribution in [3.63, 3.8) is 0 Å². The first-order valence-electron chi connectivity index (χ1n) is 4.42. The fraction of sp³-hybridized carbons (Fsp3) is 0.0909. The largest absolute Gasteiger partial charge is 0.507 e. The van der Waals surface area contributed by atoms with Crippen molar-refractivity contribution in [1.82, 2.24) is 0 Å². The molecule has 1 atom stereocenters. The fourth-order valence-electron chi connectivity index (χ4n) is 1.72. The molecule has 15 heavy (non-hydrogen) atoms. The van der Waals surface area contributed by atoms with E-state index >= 15 is 0 Å². The highest BCUT2D eigenvalue weighted by Gasteiger charge is 2.30. The van der Waals surface area contributed by atoms with E-state index in [1.165, 1.54) is 6.08 Å². The van der Waals surface area contributed by atoms with Crippen molar-refractivity contribution in [3.05, 3.63) is 41.5 Å². The number of aliphatic hydroxyl groups excluding tert-OH is 1. The second-order valence-corrected chi connectivity index (χ2v) is 3.34. The number of carboxylic acid groups (broad SMARTS) is 1. The van der Waals surface area contributed by atoms with Crippen LogP contribution in [0.15, 0.2) is 30.3 Å². The third kappa shape index (κ3) is 1.40. The summed E-state index contributed by atoms with van der Waals surface area (Å²) in [7, 11) is 0. The van der Waals surface area contributed by atoms with Gasteiger partial charge in [0.05, 0.1) is 5.71 Å². The molecule has 76 valence electrons. The van der Waals surface area contributed by atoms with Gasteiger partial charge in [0.25, 0.3) is 0 Å². The Balaban J connectivity index is 2.65. The van der Waals surface area contributed by atoms with Gasteiger partial charge in [0.2, 0.25) is 0 Å². The number of aliphatic hydroxyl groups is 1. The quantitative estimate of drug-likeness (QED) is 0.650. The smallest absolute Gasteiger partial charge is 0.317 e. The van der Waals surface area contributed by atoms with Crippen molar-refractivity contribution in [2.24, 2.45) is 0 Å². The zero-order valence-electron chi connectivity index (χ0n) is 7.77. The van der Waals surface area contributed by atoms with Crippen LogP contribution in [-0.2, 0) is 4.79 Å². The molecule has 0 spiro atoms. The van der Waals surface area contributed by atoms with Crippen molar-refractivity contribution >= 4 is 17.4 Å². The summed E-state index contributed by atoms with van der Waals surface area (Å²) in [6, 6.07) is 6.67. The summed E-state index contributed by atoms with van der Waals surface area (Å²) >= 11 is 0. The van der Waals surface area contributed by atoms with Crippen LogP contribution >= 0.6 is 0 Å². The second kappa shape index (κ2) is 3.24. The molecule has 1 aromatic rings. The first-order valence-corrected chi connectivity index (χ1v) is 4.42. The van der Waals surface area contributed by atoms with Crippen LogP contribution in [0.4, 0.5) is 0 Å². The maximum atomic E-state index is 11.0. The normalized spacial score (nSPS) is 19.3. The minimum atomic E-state index is -1.07. The summed E-state index contributed by atoms with van der Waals surface area (Å²) in [6.45, 7) is 0. The topological polar surface area (TPSA) is 81.4 Å². The predicted octanol–water partition coefficient (Wildman–Crippen LogP) is 1.79. The number of carboxylic acids is 1. The van der Waals surface area contributed by atoms with Crippen LogP contribution < -0.4 is 0 Å². The standard InChI is InChI=1S/C11H9NO3/c12-8-5-9(13)6-3-1-2-4-7(6)10(8)11(14)15/h1-5,10,12-13H,(H,14,15). The fourth-order valence-corrected chi connectivity index (χ4v) is 1.72. The van der Waals surface area contributed by atoms with Crippen LogP contribution in [0.25, 0.3) is 5.76 Å². The van der Waals surface area contributed by atoms with Crippen molar-refractivity contribution in [2.45, 2.75) is 5.92 Å². The van der Waals surface area contributed by atoms with Gasteiger partial charge in [-0.15, -0.1) is 0 Å². The molecule has 0 aliphatic heterocycles. The Kier molecular flexibility index (Phi) is 2.04. The maximum absolute atomic E-state index is 11.0. The summed E-state index contributed by atoms with van der Waals surface area (Å²) < 4.78 is 0. The van der Waals surface area contributed by atoms with Crippen molar-refractivity contribution in [1.29, 1.82) is 5.41 Å². The van der Waals surface area contributed by atoms with Gasteiger partial charge in [-0.05, 0) is 5.56 Å². The number of aliphatic carboxylic acids is 1. The van der Waals surface area contributed by atoms with Crippen LogP contribution in [0.1, 0.15) is 17.0 Å². The molecule has 0 heterocycles. The Labute approximate surface area is 86.0 Å². The van der Waals surface area contributed by atoms with E-state index in [2.05, 4.69) is 0 Å². The molecule has 2 rings (SSSR count). The molecule has 1 unspecified atom stereocenters. The zero-order chi connectivity index (χ0) is 11.0. The van der Waals surface area contributed by atoms with Gasteiger partial charge in [0.15, 0.2) is 0 Å². The van der Waals surface area contributed by atoms with E-state index in [1.54, 1.807) is 24.3 Å². The summed E-state index contributed by atoms with van der Waals surface area (Å²) in [6.07, 6.45) is 1.18. The molecule has 0 saturated heterocycles. The molecule has 0 saturated carbocycles. The van der Waals surface area contributed by atoms with Crippen molar-refractivity contribution < 1.29 is 15.0 Å². The summed E-state index contributed by atoms with van der Waals surface area (Å²) in [5, 5.41) is 26.1. The molecular formula is C11H9NO3. The van der Waals surface area contributed by atoms with E-state index in [1.807, 2.05) is 0 Å². The lowest BCUT2D eigenvalue weighted by Crippen LogP contribution is -2.24. The summed E-state index contributed by atoms with van der Waals surface area (Å²) in [4.78, 5) is 11.0. The Morgan fingerprint density at radius 1 is 1.33 bits per heavy atom. The molecule has 3 N–H and O–H groups in total. The van der Waals surface area contributed by atoms with Crippen LogP contribution in [-0.4, -0.2) is 21.9 Å². The molecule has 0 fully saturated rings. The number of benzene rings is 1. The number of hydrogen-bond donors (Lipinski definition) is 3. The summed E-state index contributed by atoms with van der Waals surface area (Å²) in [5.74, 6) is -2.10. The zero-order valence-corrected chi connectivity index (χ0v) is 7.77. The highest BCUT2D eigenvalue weighted by molar-refractivity contribution is 6.15. The van der Waals surface area contributed by atoms with Gasteiger partial charge in [-0.2, -0.15) is 0 Å². The number of fused-ring (bicyclic) bond motifs is 1. The van der Waals surface area contributed by atoms with E-state index in [-0.39, 0.29) is 11.5 Å². The van der Waals surface area contributed by atoms with E-state index in [0.29, 0.717) is 11.1 Å². The van der Waals surface area contributed by atoms with Crippen LogP contribution in [0.3, 0.4) is 0 Å². The number of hydrogen-bond acceptors (Lipinski definition) is 3. The van der Waals surface area contributed by atoms with Gasteiger partial charge in [0, 0.05) is 11.6 Å². The lowest BCUT2D eigenvalue weighted by molar-refractivity contribution is -0.137. The third-order valence-electron chi connectivity index (χ3n) is 2.40. The van der Waals surface area contributed by atoms with Gasteiger partial charge < -0.3 is 15.6 Å². The SMILES string of the molecule is N=C1C=C(O)c2ccccc2C1C(=O)O. The number of nitrogens with one attached hydrogen (secondary N) is 1. The average Bonchev–Trinajstić information content (AvgIpc) is 2.17. The Morgan fingerprint density at radius 3 is 2.67 bits per heavy atom. The van der Waals surface area contributed by atoms with Gasteiger partial charge >= 0.3 is 5.97 Å². The second-order valence-electron chi connectivity index (χ2n) is 3.34. The Bertz CT molecular complexity index is 476. The van der Waals surface area contributed by atoms with Gasteiger partial charge in [-0.1, -0.05) is 24.3 Å². The number of carbonyl (C=O) groups is 1. The molecule has 0 amide bonds. The van der Waals surface area contributed by atoms with E-state index in [0.717, 1.165) is 0 Å². The molecule has 1 aliphatic rings. The first-order chi connectivity index (χ1) is 7.11. The monoisotopic (exact) mass is 203 g/mol. The van der Waals surface area contributed by atoms with Gasteiger partial charge in [-0.25, -0.2) is 0 Å². The molecule has 0 aromatic heterocycles. The van der Waals surface area contributed by atoms with Gasteiger partial charge in [0.1, 0.15) is 11.7 Å². The average molecular weight is 203 g/mol. The van der Waals surface area contributed by atoms with E-state index < -0.39 is 11.9 Å². The van der Waals surface area contributed by atoms with E-state index in [9.17, 15) is 9.90 Å². The van der Waals surface area contributed by atoms with Crippen LogP contribution in [0.5, 0.6) is 0 Å². The van der Waals surface area contributed by atoms with Crippen molar-refractivity contribution in [3.8, 4) is 0 Å². The predicted molar refractivity (Wildman–Crippen MR) is 55.2 cm³/mol. The lowest BCUT2D eigenvalue weighted by Gasteiger charge is -2.20. The van der Waals surface area contributed by atoms with Crippen LogP contribution in [0, 0.1) is 5.41 Å². The molecule has 4 heteroatoms. The Morgan fingerprint density at radius 2 is 2.00 bits per heavy atom. The molecule has 4 nitrogen and oxygen atoms in total. The third-order valence-corrected chi connectivity index (χ3v) is 2.40. The number of rotatable bonds is 1. The van der Waals surface area contributed by atoms with E-state index in [4.69, 9.17) is 10.5 Å². The Hall–Kier alpha value is -2.10. The highest BCUT2D eigenvalue weighted by atomic mass is 16.4. The molecule has 0 bridgehead atoms. The lowest BCUT2D eigenvalue weighted by atomic mass is 9.85. The molecule has 1 aliphatic carbocycles. The highest BCUT2D eigenvalue weighted by Crippen LogP contribution is 2.31. The maximum Gasteiger partial charge on any atom is 0.317 e. The molecular weight excluding hydrogens is 194 g/mol. The minimum absolute atomic E-state index is 0.0481. The first kappa shape index (κ1) is 9.45. The molecule has 0 radical (unpaired) electrons.